The first-order valence-electron chi connectivity index (χ1n) is 12.3. The molecule has 0 unspecified atom stereocenters. The number of hydrogen-bond donors (Lipinski definition) is 4. The van der Waals surface area contributed by atoms with E-state index in [-0.39, 0.29) is 29.9 Å². The predicted molar refractivity (Wildman–Crippen MR) is 138 cm³/mol. The summed E-state index contributed by atoms with van der Waals surface area (Å²) in [5.74, 6) is 0.309. The lowest BCUT2D eigenvalue weighted by atomic mass is 10.1. The monoisotopic (exact) mass is 496 g/mol. The van der Waals surface area contributed by atoms with E-state index in [0.29, 0.717) is 29.9 Å². The van der Waals surface area contributed by atoms with Crippen molar-refractivity contribution in [2.75, 3.05) is 5.32 Å². The molecule has 0 saturated heterocycles. The fourth-order valence-electron chi connectivity index (χ4n) is 4.04. The van der Waals surface area contributed by atoms with E-state index in [9.17, 15) is 14.4 Å². The Kier molecular flexibility index (Phi) is 8.49. The first-order chi connectivity index (χ1) is 17.0. The quantitative estimate of drug-likeness (QED) is 0.326. The Bertz CT molecular complexity index is 1160. The number of carbonyl (C=O) groups excluding carboxylic acids is 2. The van der Waals surface area contributed by atoms with E-state index in [1.807, 2.05) is 0 Å². The fourth-order valence-corrected chi connectivity index (χ4v) is 4.04. The molecule has 0 radical (unpaired) electrons. The van der Waals surface area contributed by atoms with Crippen LogP contribution in [0.15, 0.2) is 35.3 Å². The summed E-state index contributed by atoms with van der Waals surface area (Å²) in [6.45, 7) is 9.64. The van der Waals surface area contributed by atoms with E-state index in [4.69, 9.17) is 10.1 Å². The van der Waals surface area contributed by atoms with Gasteiger partial charge in [0.1, 0.15) is 29.0 Å². The number of hydrogen-bond acceptors (Lipinski definition) is 7. The maximum Gasteiger partial charge on any atom is 0.413 e. The summed E-state index contributed by atoms with van der Waals surface area (Å²) in [4.78, 5) is 42.4. The van der Waals surface area contributed by atoms with Gasteiger partial charge < -0.3 is 15.4 Å². The number of nitrogens with zero attached hydrogens (tertiary/aromatic N) is 2. The SMILES string of the molecule is CCC(CC)Nc1cnc2n(c1=O)[C@H](C(=O)NCc1ccc(C(=N)NC(=O)OC(C)(C)C)cc1)CC2. The zero-order valence-electron chi connectivity index (χ0n) is 21.6. The normalized spacial score (nSPS) is 14.8. The topological polar surface area (TPSA) is 138 Å². The number of amidine groups is 1. The van der Waals surface area contributed by atoms with E-state index in [0.717, 1.165) is 18.4 Å². The van der Waals surface area contributed by atoms with Gasteiger partial charge in [0.2, 0.25) is 5.91 Å². The Hall–Kier alpha value is -3.69. The van der Waals surface area contributed by atoms with Crippen LogP contribution in [0.25, 0.3) is 0 Å². The van der Waals surface area contributed by atoms with E-state index < -0.39 is 17.7 Å². The van der Waals surface area contributed by atoms with Crippen molar-refractivity contribution in [2.24, 2.45) is 0 Å². The molecule has 1 aliphatic heterocycles. The third kappa shape index (κ3) is 6.71. The molecule has 0 saturated carbocycles. The molecular formula is C26H36N6O4. The molecule has 4 N–H and O–H groups in total. The number of benzene rings is 1. The Morgan fingerprint density at radius 2 is 1.86 bits per heavy atom. The van der Waals surface area contributed by atoms with Crippen LogP contribution in [-0.4, -0.2) is 39.0 Å². The van der Waals surface area contributed by atoms with Crippen LogP contribution in [0.2, 0.25) is 0 Å². The second-order valence-corrected chi connectivity index (χ2v) is 9.89. The van der Waals surface area contributed by atoms with Gasteiger partial charge in [-0.05, 0) is 45.6 Å². The lowest BCUT2D eigenvalue weighted by Crippen LogP contribution is -2.37. The van der Waals surface area contributed by atoms with Gasteiger partial charge in [0.25, 0.3) is 5.56 Å². The number of aryl methyl sites for hydroxylation is 1. The summed E-state index contributed by atoms with van der Waals surface area (Å²) in [5, 5.41) is 16.6. The molecule has 194 valence electrons. The molecule has 10 heteroatoms. The Morgan fingerprint density at radius 1 is 1.19 bits per heavy atom. The van der Waals surface area contributed by atoms with Crippen molar-refractivity contribution in [3.8, 4) is 0 Å². The van der Waals surface area contributed by atoms with Gasteiger partial charge >= 0.3 is 6.09 Å². The van der Waals surface area contributed by atoms with Gasteiger partial charge in [0.05, 0.1) is 6.20 Å². The van der Waals surface area contributed by atoms with Gasteiger partial charge in [0.15, 0.2) is 0 Å². The van der Waals surface area contributed by atoms with Crippen LogP contribution in [0.5, 0.6) is 0 Å². The van der Waals surface area contributed by atoms with E-state index in [1.54, 1.807) is 51.2 Å². The van der Waals surface area contributed by atoms with Crippen LogP contribution in [0.1, 0.15) is 76.9 Å². The summed E-state index contributed by atoms with van der Waals surface area (Å²) < 4.78 is 6.67. The minimum absolute atomic E-state index is 0.0768. The molecule has 1 atom stereocenters. The summed E-state index contributed by atoms with van der Waals surface area (Å²) in [6.07, 6.45) is 3.75. The van der Waals surface area contributed by atoms with Crippen LogP contribution in [0, 0.1) is 5.41 Å². The lowest BCUT2D eigenvalue weighted by Gasteiger charge is -2.20. The summed E-state index contributed by atoms with van der Waals surface area (Å²) in [7, 11) is 0. The zero-order valence-corrected chi connectivity index (χ0v) is 21.6. The van der Waals surface area contributed by atoms with Crippen molar-refractivity contribution in [3.63, 3.8) is 0 Å². The maximum atomic E-state index is 13.1. The predicted octanol–water partition coefficient (Wildman–Crippen LogP) is 3.50. The molecule has 3 rings (SSSR count). The van der Waals surface area contributed by atoms with Crippen LogP contribution in [-0.2, 0) is 22.5 Å². The number of ether oxygens (including phenoxy) is 1. The Labute approximate surface area is 211 Å². The van der Waals surface area contributed by atoms with Crippen molar-refractivity contribution in [3.05, 3.63) is 57.8 Å². The largest absolute Gasteiger partial charge is 0.444 e. The number of anilines is 1. The smallest absolute Gasteiger partial charge is 0.413 e. The van der Waals surface area contributed by atoms with Gasteiger partial charge in [-0.3, -0.25) is 24.9 Å². The summed E-state index contributed by atoms with van der Waals surface area (Å²) >= 11 is 0. The van der Waals surface area contributed by atoms with E-state index in [2.05, 4.69) is 34.8 Å². The number of amides is 2. The minimum atomic E-state index is -0.691. The van der Waals surface area contributed by atoms with Crippen LogP contribution in [0.3, 0.4) is 0 Å². The first kappa shape index (κ1) is 26.9. The molecule has 2 heterocycles. The third-order valence-electron chi connectivity index (χ3n) is 6.01. The van der Waals surface area contributed by atoms with Gasteiger partial charge in [0, 0.05) is 24.6 Å². The van der Waals surface area contributed by atoms with Gasteiger partial charge in [-0.2, -0.15) is 0 Å². The highest BCUT2D eigenvalue weighted by molar-refractivity contribution is 6.04. The van der Waals surface area contributed by atoms with Gasteiger partial charge in [-0.15, -0.1) is 0 Å². The molecule has 0 fully saturated rings. The fraction of sp³-hybridized carbons (Fsp3) is 0.500. The van der Waals surface area contributed by atoms with Crippen LogP contribution >= 0.6 is 0 Å². The second-order valence-electron chi connectivity index (χ2n) is 9.89. The van der Waals surface area contributed by atoms with Crippen molar-refractivity contribution < 1.29 is 14.3 Å². The molecule has 1 aliphatic rings. The average molecular weight is 497 g/mol. The minimum Gasteiger partial charge on any atom is -0.444 e. The number of aromatic nitrogens is 2. The molecular weight excluding hydrogens is 460 g/mol. The maximum absolute atomic E-state index is 13.1. The lowest BCUT2D eigenvalue weighted by molar-refractivity contribution is -0.124. The third-order valence-corrected chi connectivity index (χ3v) is 6.01. The molecule has 0 spiro atoms. The molecule has 36 heavy (non-hydrogen) atoms. The molecule has 2 aromatic rings. The molecule has 0 bridgehead atoms. The highest BCUT2D eigenvalue weighted by atomic mass is 16.6. The Morgan fingerprint density at radius 3 is 2.47 bits per heavy atom. The highest BCUT2D eigenvalue weighted by Crippen LogP contribution is 2.23. The van der Waals surface area contributed by atoms with Crippen molar-refractivity contribution in [1.82, 2.24) is 20.2 Å². The number of carbonyl (C=O) groups is 2. The zero-order chi connectivity index (χ0) is 26.5. The van der Waals surface area contributed by atoms with Crippen molar-refractivity contribution >= 4 is 23.5 Å². The highest BCUT2D eigenvalue weighted by Gasteiger charge is 2.31. The van der Waals surface area contributed by atoms with Crippen LogP contribution in [0.4, 0.5) is 10.5 Å². The van der Waals surface area contributed by atoms with Crippen molar-refractivity contribution in [2.45, 2.75) is 84.5 Å². The van der Waals surface area contributed by atoms with Gasteiger partial charge in [-0.25, -0.2) is 9.78 Å². The summed E-state index contributed by atoms with van der Waals surface area (Å²) in [5.41, 5.74) is 0.884. The molecule has 2 amide bonds. The second kappa shape index (κ2) is 11.4. The van der Waals surface area contributed by atoms with Crippen LogP contribution < -0.4 is 21.5 Å². The molecule has 1 aromatic carbocycles. The van der Waals surface area contributed by atoms with E-state index >= 15 is 0 Å². The number of nitrogens with one attached hydrogen (secondary N) is 4. The van der Waals surface area contributed by atoms with Crippen molar-refractivity contribution in [1.29, 1.82) is 5.41 Å². The Balaban J connectivity index is 1.61. The van der Waals surface area contributed by atoms with Gasteiger partial charge in [-0.1, -0.05) is 38.1 Å². The first-order valence-corrected chi connectivity index (χ1v) is 12.3. The molecule has 1 aromatic heterocycles. The summed E-state index contributed by atoms with van der Waals surface area (Å²) in [6, 6.07) is 6.50. The number of alkyl carbamates (subject to hydrolysis) is 1. The number of rotatable bonds is 8. The average Bonchev–Trinajstić information content (AvgIpc) is 3.26. The standard InChI is InChI=1S/C26H36N6O4/c1-6-18(7-2)30-19-15-28-21-13-12-20(32(21)24(19)34)23(33)29-14-16-8-10-17(11-9-16)22(27)31-25(35)36-26(3,4)5/h8-11,15,18,20,30H,6-7,12-14H2,1-5H3,(H,29,33)(H2,27,31,35)/t20-/m0/s1. The van der Waals surface area contributed by atoms with E-state index in [1.165, 1.54) is 4.57 Å². The molecule has 10 nitrogen and oxygen atoms in total. The molecule has 0 aliphatic carbocycles. The number of fused-ring (bicyclic) bond motifs is 1.